The zero-order valence-electron chi connectivity index (χ0n) is 12.8. The van der Waals surface area contributed by atoms with Crippen LogP contribution >= 0.6 is 0 Å². The smallest absolute Gasteiger partial charge is 0.318 e. The van der Waals surface area contributed by atoms with E-state index in [1.165, 1.54) is 4.90 Å². The molecule has 0 bridgehead atoms. The minimum atomic E-state index is -0.969. The molecule has 0 spiro atoms. The number of hydrogen-bond acceptors (Lipinski definition) is 3. The van der Waals surface area contributed by atoms with Crippen molar-refractivity contribution in [1.82, 2.24) is 15.5 Å². The summed E-state index contributed by atoms with van der Waals surface area (Å²) in [6.45, 7) is 9.39. The van der Waals surface area contributed by atoms with Crippen LogP contribution in [-0.2, 0) is 9.59 Å². The summed E-state index contributed by atoms with van der Waals surface area (Å²) in [6, 6.07) is -1.12. The first-order valence-corrected chi connectivity index (χ1v) is 6.67. The van der Waals surface area contributed by atoms with Gasteiger partial charge in [0, 0.05) is 18.6 Å². The van der Waals surface area contributed by atoms with Crippen molar-refractivity contribution < 1.29 is 19.5 Å². The zero-order valence-corrected chi connectivity index (χ0v) is 12.8. The Hall–Kier alpha value is -1.79. The maximum absolute atomic E-state index is 12.2. The van der Waals surface area contributed by atoms with Crippen molar-refractivity contribution in [3.8, 4) is 0 Å². The van der Waals surface area contributed by atoms with Crippen LogP contribution in [0.3, 0.4) is 0 Å². The number of nitrogens with zero attached hydrogens (tertiary/aromatic N) is 1. The number of carboxylic acid groups (broad SMARTS) is 1. The van der Waals surface area contributed by atoms with Gasteiger partial charge in [0.2, 0.25) is 5.91 Å². The van der Waals surface area contributed by atoms with Gasteiger partial charge in [-0.1, -0.05) is 0 Å². The molecule has 0 aliphatic heterocycles. The molecule has 1 unspecified atom stereocenters. The molecule has 0 heterocycles. The Morgan fingerprint density at radius 2 is 1.80 bits per heavy atom. The normalized spacial score (nSPS) is 12.4. The van der Waals surface area contributed by atoms with E-state index in [0.717, 1.165) is 0 Å². The lowest BCUT2D eigenvalue weighted by atomic mass is 10.1. The van der Waals surface area contributed by atoms with E-state index in [0.29, 0.717) is 6.54 Å². The van der Waals surface area contributed by atoms with Crippen LogP contribution in [0.25, 0.3) is 0 Å². The average molecular weight is 287 g/mol. The lowest BCUT2D eigenvalue weighted by Gasteiger charge is -2.36. The fourth-order valence-corrected chi connectivity index (χ4v) is 1.61. The van der Waals surface area contributed by atoms with Crippen molar-refractivity contribution in [2.24, 2.45) is 0 Å². The van der Waals surface area contributed by atoms with E-state index in [9.17, 15) is 14.4 Å². The van der Waals surface area contributed by atoms with E-state index in [-0.39, 0.29) is 18.9 Å². The number of carbonyl (C=O) groups is 3. The lowest BCUT2D eigenvalue weighted by molar-refractivity contribution is -0.137. The van der Waals surface area contributed by atoms with Crippen LogP contribution in [-0.4, -0.2) is 52.6 Å². The van der Waals surface area contributed by atoms with E-state index >= 15 is 0 Å². The summed E-state index contributed by atoms with van der Waals surface area (Å²) in [6.07, 6.45) is -0.139. The Kier molecular flexibility index (Phi) is 7.02. The van der Waals surface area contributed by atoms with Crippen LogP contribution in [0.1, 0.15) is 41.0 Å². The van der Waals surface area contributed by atoms with Gasteiger partial charge < -0.3 is 20.6 Å². The molecule has 1 atom stereocenters. The summed E-state index contributed by atoms with van der Waals surface area (Å²) in [5.41, 5.74) is -0.527. The number of carboxylic acids is 1. The number of amides is 3. The second-order valence-corrected chi connectivity index (χ2v) is 5.53. The Labute approximate surface area is 119 Å². The molecule has 3 N–H and O–H groups in total. The topological polar surface area (TPSA) is 98.7 Å². The molecular formula is C13H25N3O4. The van der Waals surface area contributed by atoms with E-state index in [1.54, 1.807) is 13.8 Å². The average Bonchev–Trinajstić information content (AvgIpc) is 2.26. The standard InChI is InChI=1S/C13H25N3O4/c1-6-14-11(19)9(2)15-12(20)16(13(3,4)5)8-7-10(17)18/h9H,6-8H2,1-5H3,(H,14,19)(H,15,20)(H,17,18). The SMILES string of the molecule is CCNC(=O)C(C)NC(=O)N(CCC(=O)O)C(C)(C)C. The van der Waals surface area contributed by atoms with Gasteiger partial charge in [-0.2, -0.15) is 0 Å². The van der Waals surface area contributed by atoms with Gasteiger partial charge in [-0.25, -0.2) is 4.79 Å². The number of aliphatic carboxylic acids is 1. The molecule has 0 radical (unpaired) electrons. The van der Waals surface area contributed by atoms with Crippen LogP contribution in [0.15, 0.2) is 0 Å². The predicted octanol–water partition coefficient (Wildman–Crippen LogP) is 0.796. The van der Waals surface area contributed by atoms with E-state index in [4.69, 9.17) is 5.11 Å². The molecule has 0 fully saturated rings. The van der Waals surface area contributed by atoms with Crippen molar-refractivity contribution in [1.29, 1.82) is 0 Å². The molecule has 116 valence electrons. The molecule has 0 rings (SSSR count). The summed E-state index contributed by atoms with van der Waals surface area (Å²) in [5.74, 6) is -1.24. The highest BCUT2D eigenvalue weighted by Crippen LogP contribution is 2.14. The summed E-state index contributed by atoms with van der Waals surface area (Å²) >= 11 is 0. The summed E-state index contributed by atoms with van der Waals surface area (Å²) in [5, 5.41) is 13.9. The van der Waals surface area contributed by atoms with Crippen LogP contribution < -0.4 is 10.6 Å². The van der Waals surface area contributed by atoms with Gasteiger partial charge in [0.15, 0.2) is 0 Å². The molecular weight excluding hydrogens is 262 g/mol. The van der Waals surface area contributed by atoms with Gasteiger partial charge in [0.25, 0.3) is 0 Å². The van der Waals surface area contributed by atoms with Gasteiger partial charge in [-0.3, -0.25) is 9.59 Å². The second kappa shape index (κ2) is 7.72. The first kappa shape index (κ1) is 18.2. The number of likely N-dealkylation sites (N-methyl/N-ethyl adjacent to an activating group) is 1. The first-order chi connectivity index (χ1) is 9.09. The fourth-order valence-electron chi connectivity index (χ4n) is 1.61. The van der Waals surface area contributed by atoms with E-state index in [2.05, 4.69) is 10.6 Å². The lowest BCUT2D eigenvalue weighted by Crippen LogP contribution is -2.55. The van der Waals surface area contributed by atoms with Crippen molar-refractivity contribution >= 4 is 17.9 Å². The van der Waals surface area contributed by atoms with Crippen LogP contribution in [0, 0.1) is 0 Å². The summed E-state index contributed by atoms with van der Waals surface area (Å²) in [4.78, 5) is 35.8. The van der Waals surface area contributed by atoms with Gasteiger partial charge >= 0.3 is 12.0 Å². The van der Waals surface area contributed by atoms with Crippen molar-refractivity contribution in [3.63, 3.8) is 0 Å². The Morgan fingerprint density at radius 3 is 2.20 bits per heavy atom. The second-order valence-electron chi connectivity index (χ2n) is 5.53. The van der Waals surface area contributed by atoms with Gasteiger partial charge in [0.1, 0.15) is 6.04 Å². The molecule has 0 aromatic rings. The van der Waals surface area contributed by atoms with Gasteiger partial charge in [-0.05, 0) is 34.6 Å². The maximum atomic E-state index is 12.2. The van der Waals surface area contributed by atoms with E-state index in [1.807, 2.05) is 20.8 Å². The first-order valence-electron chi connectivity index (χ1n) is 6.67. The third kappa shape index (κ3) is 6.40. The van der Waals surface area contributed by atoms with Crippen LogP contribution in [0.2, 0.25) is 0 Å². The quantitative estimate of drug-likeness (QED) is 0.672. The Balaban J connectivity index is 4.71. The molecule has 0 aromatic heterocycles. The molecule has 0 aromatic carbocycles. The minimum absolute atomic E-state index is 0.0901. The number of carbonyl (C=O) groups excluding carboxylic acids is 2. The largest absolute Gasteiger partial charge is 0.481 e. The van der Waals surface area contributed by atoms with Crippen molar-refractivity contribution in [2.75, 3.05) is 13.1 Å². The Morgan fingerprint density at radius 1 is 1.25 bits per heavy atom. The third-order valence-corrected chi connectivity index (χ3v) is 2.69. The monoisotopic (exact) mass is 287 g/mol. The third-order valence-electron chi connectivity index (χ3n) is 2.69. The minimum Gasteiger partial charge on any atom is -0.481 e. The molecule has 7 heteroatoms. The maximum Gasteiger partial charge on any atom is 0.318 e. The molecule has 3 amide bonds. The predicted molar refractivity (Wildman–Crippen MR) is 75.4 cm³/mol. The van der Waals surface area contributed by atoms with Crippen LogP contribution in [0.4, 0.5) is 4.79 Å². The number of nitrogens with one attached hydrogen (secondary N) is 2. The Bertz CT molecular complexity index is 363. The summed E-state index contributed by atoms with van der Waals surface area (Å²) in [7, 11) is 0. The highest BCUT2D eigenvalue weighted by Gasteiger charge is 2.28. The molecule has 0 aliphatic carbocycles. The number of hydrogen-bond donors (Lipinski definition) is 3. The molecule has 0 saturated carbocycles. The van der Waals surface area contributed by atoms with Gasteiger partial charge in [-0.15, -0.1) is 0 Å². The van der Waals surface area contributed by atoms with Crippen molar-refractivity contribution in [2.45, 2.75) is 52.6 Å². The number of rotatable bonds is 6. The van der Waals surface area contributed by atoms with Gasteiger partial charge in [0.05, 0.1) is 6.42 Å². The molecule has 0 aliphatic rings. The van der Waals surface area contributed by atoms with Crippen LogP contribution in [0.5, 0.6) is 0 Å². The molecule has 20 heavy (non-hydrogen) atoms. The van der Waals surface area contributed by atoms with E-state index < -0.39 is 23.6 Å². The summed E-state index contributed by atoms with van der Waals surface area (Å²) < 4.78 is 0. The number of urea groups is 1. The highest BCUT2D eigenvalue weighted by atomic mass is 16.4. The fraction of sp³-hybridized carbons (Fsp3) is 0.769. The van der Waals surface area contributed by atoms with Crippen molar-refractivity contribution in [3.05, 3.63) is 0 Å². The zero-order chi connectivity index (χ0) is 15.9. The molecule has 7 nitrogen and oxygen atoms in total. The highest BCUT2D eigenvalue weighted by molar-refractivity contribution is 5.87. The molecule has 0 saturated heterocycles.